The number of nitrogens with zero attached hydrogens (tertiary/aromatic N) is 16. The standard InChI is InChI=1S/2C25H10F4N4.C24H7F5N4.C24H8F4N4/c1-13-4-6-14(7-5-13)17-10-15(19(12-31)32-2)8-9-16(17)18(11-30)20-21(26)23(28)25(33-3)24(29)22(20)27;1-13-5-4-6-14(9-13)17-10-15(19(12-31)32-2)7-8-16(17)18(11-30)20-21(26)23(28)25(33-3)24(29)22(20)27;1-32-18(11-31)12-7-8-13(15(9-12)14-5-3-4-6-17(14)25)16(10-30)19-20(26)22(28)24(33-2)23(29)21(19)27;1-31-18(12-30)14-8-9-15(16(10-14)13-6-4-3-5-7-13)17(11-29)19-20(25)22(27)24(32-2)23(28)21(19)26/h2*4-10H,1H3;3-9H;3-10H/b2*18-16+,19-15+;16-13+,18-12+;17-15+,18-14+. The summed E-state index contributed by atoms with van der Waals surface area (Å²) in [6, 6.07) is 55.1. The molecule has 12 aromatic rings. The predicted molar refractivity (Wildman–Crippen MR) is 439 cm³/mol. The molecule has 0 aliphatic rings. The first-order valence-corrected chi connectivity index (χ1v) is 35.9. The third-order valence-electron chi connectivity index (χ3n) is 18.9. The first-order chi connectivity index (χ1) is 62.7. The van der Waals surface area contributed by atoms with Crippen LogP contribution in [0.2, 0.25) is 0 Å². The van der Waals surface area contributed by atoms with Gasteiger partial charge in [-0.1, -0.05) is 181 Å². The van der Waals surface area contributed by atoms with Crippen LogP contribution in [-0.4, -0.2) is 0 Å². The molecule has 0 N–H and O–H groups in total. The molecule has 0 atom stereocenters. The summed E-state index contributed by atoms with van der Waals surface area (Å²) in [4.78, 5) is 22.3. The number of halogens is 17. The molecule has 626 valence electrons. The van der Waals surface area contributed by atoms with Gasteiger partial charge in [0, 0.05) is 26.4 Å². The second-order valence-electron chi connectivity index (χ2n) is 26.2. The van der Waals surface area contributed by atoms with Crippen LogP contribution >= 0.6 is 0 Å². The molecule has 0 radical (unpaired) electrons. The average Bonchev–Trinajstić information content (AvgIpc) is 0.770. The van der Waals surface area contributed by atoms with E-state index in [1.807, 2.05) is 6.92 Å². The molecule has 131 heavy (non-hydrogen) atoms. The highest BCUT2D eigenvalue weighted by molar-refractivity contribution is 5.88. The van der Waals surface area contributed by atoms with Crippen molar-refractivity contribution in [3.63, 3.8) is 0 Å². The van der Waals surface area contributed by atoms with E-state index in [1.54, 1.807) is 128 Å². The summed E-state index contributed by atoms with van der Waals surface area (Å²) < 4.78 is 246. The van der Waals surface area contributed by atoms with Crippen LogP contribution in [0, 0.1) is 256 Å². The van der Waals surface area contributed by atoms with Crippen molar-refractivity contribution in [2.45, 2.75) is 13.8 Å². The number of hydrogen-bond acceptors (Lipinski definition) is 8. The third kappa shape index (κ3) is 18.6. The van der Waals surface area contributed by atoms with Crippen molar-refractivity contribution in [3.05, 3.63) is 441 Å². The van der Waals surface area contributed by atoms with E-state index in [0.717, 1.165) is 29.3 Å². The van der Waals surface area contributed by atoms with E-state index in [2.05, 4.69) is 38.8 Å². The minimum atomic E-state index is -1.98. The Hall–Kier alpha value is -19.8. The van der Waals surface area contributed by atoms with Crippen molar-refractivity contribution in [2.24, 2.45) is 0 Å². The van der Waals surface area contributed by atoms with Crippen molar-refractivity contribution in [1.82, 2.24) is 0 Å². The molecule has 0 amide bonds. The molecule has 33 heteroatoms. The maximum Gasteiger partial charge on any atom is 0.268 e. The van der Waals surface area contributed by atoms with Crippen molar-refractivity contribution in [2.75, 3.05) is 0 Å². The lowest BCUT2D eigenvalue weighted by atomic mass is 9.94. The van der Waals surface area contributed by atoms with E-state index in [0.29, 0.717) is 16.7 Å². The molecule has 0 aromatic heterocycles. The van der Waals surface area contributed by atoms with Gasteiger partial charge in [-0.15, -0.1) is 0 Å². The average molecular weight is 1760 g/mol. The summed E-state index contributed by atoms with van der Waals surface area (Å²) in [5.74, 6) is -31.4. The number of nitriles is 8. The number of benzene rings is 12. The van der Waals surface area contributed by atoms with Gasteiger partial charge >= 0.3 is 0 Å². The van der Waals surface area contributed by atoms with Gasteiger partial charge in [0.05, 0.1) is 121 Å². The van der Waals surface area contributed by atoms with Gasteiger partial charge in [-0.2, -0.15) is 21.0 Å². The fourth-order valence-electron chi connectivity index (χ4n) is 12.8. The smallest absolute Gasteiger partial charge is 0.232 e. The Morgan fingerprint density at radius 1 is 0.229 bits per heavy atom. The molecule has 0 aliphatic carbocycles. The Morgan fingerprint density at radius 3 is 0.740 bits per heavy atom. The van der Waals surface area contributed by atoms with Crippen molar-refractivity contribution in [3.8, 4) is 93.1 Å². The second kappa shape index (κ2) is 41.4. The van der Waals surface area contributed by atoms with Crippen LogP contribution in [0.1, 0.15) is 33.4 Å². The SMILES string of the molecule is [C-]#[N+]/C(C#N)=c1\cc/c(=C(/C#N)c2c(F)c(F)c([N+]#[C-])c(F)c2F)c(-c2ccc(C)cc2)c1.[C-]#[N+]/C(C#N)=c1\cc/c(=C(/C#N)c2c(F)c(F)c([N+]#[C-])c(F)c2F)c(-c2cccc(C)c2)c1.[C-]#[N+]/C(C#N)=c1\cc/c(=C(/C#N)c2c(F)c(F)c([N+]#[C-])c(F)c2F)c(-c2ccccc2)c1.[C-]#[N+]/C(C#N)=c1\cc/c(=C(/C#N)c2c(F)c(F)c([N+]#[C-])c(F)c2F)c(-c2ccccc2F)c1. The highest BCUT2D eigenvalue weighted by atomic mass is 19.2. The molecule has 12 aromatic carbocycles. The fourth-order valence-corrected chi connectivity index (χ4v) is 12.8. The molecule has 0 saturated heterocycles. The van der Waals surface area contributed by atoms with E-state index in [1.165, 1.54) is 84.9 Å². The van der Waals surface area contributed by atoms with Gasteiger partial charge in [0.15, 0.2) is 93.1 Å². The first kappa shape index (κ1) is 95.1. The van der Waals surface area contributed by atoms with E-state index < -0.39 is 166 Å². The van der Waals surface area contributed by atoms with Crippen LogP contribution in [0.15, 0.2) is 176 Å². The van der Waals surface area contributed by atoms with E-state index in [9.17, 15) is 106 Å². The number of aryl methyl sites for hydroxylation is 2. The zero-order chi connectivity index (χ0) is 96.3. The largest absolute Gasteiger partial charge is 0.268 e. The van der Waals surface area contributed by atoms with Gasteiger partial charge < -0.3 is 0 Å². The van der Waals surface area contributed by atoms with Crippen LogP contribution in [0.3, 0.4) is 0 Å². The molecule has 12 rings (SSSR count). The van der Waals surface area contributed by atoms with Gasteiger partial charge in [-0.3, -0.25) is 0 Å². The van der Waals surface area contributed by atoms with Crippen LogP contribution in [0.4, 0.5) is 97.4 Å². The fraction of sp³-hybridized carbons (Fsp3) is 0.0204. The summed E-state index contributed by atoms with van der Waals surface area (Å²) in [6.07, 6.45) is 0. The molecule has 0 fully saturated rings. The van der Waals surface area contributed by atoms with Crippen molar-refractivity contribution < 1.29 is 74.6 Å². The lowest BCUT2D eigenvalue weighted by molar-refractivity contribution is 0.457. The van der Waals surface area contributed by atoms with Crippen LogP contribution in [0.25, 0.3) is 128 Å². The third-order valence-corrected chi connectivity index (χ3v) is 18.9. The maximum absolute atomic E-state index is 14.7. The summed E-state index contributed by atoms with van der Waals surface area (Å²) in [6.45, 7) is 59.1. The zero-order valence-electron chi connectivity index (χ0n) is 65.8. The topological polar surface area (TPSA) is 225 Å². The maximum atomic E-state index is 14.7. The van der Waals surface area contributed by atoms with Crippen molar-refractivity contribution in [1.29, 1.82) is 42.1 Å². The van der Waals surface area contributed by atoms with Gasteiger partial charge in [-0.25, -0.2) is 134 Å². The highest BCUT2D eigenvalue weighted by Crippen LogP contribution is 2.39. The highest BCUT2D eigenvalue weighted by Gasteiger charge is 2.34. The van der Waals surface area contributed by atoms with Crippen molar-refractivity contribution >= 4 is 67.8 Å². The van der Waals surface area contributed by atoms with Gasteiger partial charge in [0.25, 0.3) is 45.5 Å². The van der Waals surface area contributed by atoms with Gasteiger partial charge in [0.2, 0.25) is 0 Å². The Kier molecular flexibility index (Phi) is 30.1. The molecule has 0 aliphatic heterocycles. The van der Waals surface area contributed by atoms with E-state index in [-0.39, 0.29) is 92.4 Å². The summed E-state index contributed by atoms with van der Waals surface area (Å²) >= 11 is 0. The lowest BCUT2D eigenvalue weighted by Crippen LogP contribution is -2.18. The summed E-state index contributed by atoms with van der Waals surface area (Å²) in [5, 5.41) is 75.6. The quantitative estimate of drug-likeness (QED) is 0.0806. The zero-order valence-corrected chi connectivity index (χ0v) is 65.8. The normalized spacial score (nSPS) is 12.0. The molecular weight excluding hydrogens is 1720 g/mol. The molecule has 0 heterocycles. The second-order valence-corrected chi connectivity index (χ2v) is 26.2. The van der Waals surface area contributed by atoms with E-state index in [4.69, 9.17) is 63.1 Å². The van der Waals surface area contributed by atoms with E-state index >= 15 is 0 Å². The predicted octanol–water partition coefficient (Wildman–Crippen LogP) is 19.7. The molecule has 0 bridgehead atoms. The lowest BCUT2D eigenvalue weighted by Gasteiger charge is -2.11. The molecule has 0 saturated carbocycles. The van der Waals surface area contributed by atoms with Crippen LogP contribution in [-0.2, 0) is 0 Å². The van der Waals surface area contributed by atoms with Crippen LogP contribution in [0.5, 0.6) is 0 Å². The number of hydrogen-bond donors (Lipinski definition) is 0. The Balaban J connectivity index is 0.000000197. The Bertz CT molecular complexity index is 8130. The number of rotatable bonds is 8. The summed E-state index contributed by atoms with van der Waals surface area (Å²) in [7, 11) is 0. The first-order valence-electron chi connectivity index (χ1n) is 35.9. The molecule has 16 nitrogen and oxygen atoms in total. The van der Waals surface area contributed by atoms with Gasteiger partial charge in [0.1, 0.15) is 30.1 Å². The summed E-state index contributed by atoms with van der Waals surface area (Å²) in [5.41, 5.74) is -11.8. The minimum absolute atomic E-state index is 0.0217. The van der Waals surface area contributed by atoms with Crippen LogP contribution < -0.4 is 41.7 Å². The molecular formula is C98H35F17N16. The monoisotopic (exact) mass is 1760 g/mol. The Labute approximate surface area is 729 Å². The Morgan fingerprint density at radius 2 is 0.481 bits per heavy atom. The molecule has 0 spiro atoms. The molecule has 0 unspecified atom stereocenters. The van der Waals surface area contributed by atoms with Gasteiger partial charge in [-0.05, 0) is 79.7 Å². The minimum Gasteiger partial charge on any atom is -0.232 e.